The Labute approximate surface area is 102 Å². The van der Waals surface area contributed by atoms with E-state index in [1.54, 1.807) is 19.4 Å². The average molecular weight is 236 g/mol. The molecular formula is C12H20N4O. The van der Waals surface area contributed by atoms with Crippen LogP contribution in [0.1, 0.15) is 19.8 Å². The van der Waals surface area contributed by atoms with Crippen LogP contribution < -0.4 is 16.0 Å². The van der Waals surface area contributed by atoms with Crippen molar-refractivity contribution in [1.29, 1.82) is 0 Å². The maximum atomic E-state index is 11.0. The predicted octanol–water partition coefficient (Wildman–Crippen LogP) is 1.45. The molecule has 5 nitrogen and oxygen atoms in total. The van der Waals surface area contributed by atoms with Crippen LogP contribution in [-0.2, 0) is 4.79 Å². The van der Waals surface area contributed by atoms with Gasteiger partial charge in [-0.2, -0.15) is 0 Å². The Balaban J connectivity index is 2.40. The van der Waals surface area contributed by atoms with Gasteiger partial charge in [-0.3, -0.25) is 9.78 Å². The molecule has 0 radical (unpaired) electrons. The fraction of sp³-hybridized carbons (Fsp3) is 0.500. The number of pyridine rings is 1. The highest BCUT2D eigenvalue weighted by Crippen LogP contribution is 2.12. The summed E-state index contributed by atoms with van der Waals surface area (Å²) in [4.78, 5) is 15.2. The molecule has 1 aromatic heterocycles. The van der Waals surface area contributed by atoms with Gasteiger partial charge in [-0.05, 0) is 12.5 Å². The van der Waals surface area contributed by atoms with Crippen molar-refractivity contribution in [3.63, 3.8) is 0 Å². The van der Waals surface area contributed by atoms with Gasteiger partial charge in [0.15, 0.2) is 0 Å². The molecule has 1 heterocycles. The second kappa shape index (κ2) is 7.49. The molecule has 0 bridgehead atoms. The number of carbonyl (C=O) groups is 1. The second-order valence-corrected chi connectivity index (χ2v) is 3.74. The van der Waals surface area contributed by atoms with Crippen molar-refractivity contribution < 1.29 is 4.79 Å². The summed E-state index contributed by atoms with van der Waals surface area (Å²) in [5, 5.41) is 9.01. The predicted molar refractivity (Wildman–Crippen MR) is 70.2 cm³/mol. The van der Waals surface area contributed by atoms with Gasteiger partial charge in [-0.25, -0.2) is 0 Å². The molecule has 17 heavy (non-hydrogen) atoms. The lowest BCUT2D eigenvalue weighted by Crippen LogP contribution is -2.20. The molecule has 0 saturated carbocycles. The van der Waals surface area contributed by atoms with Crippen LogP contribution in [0, 0.1) is 0 Å². The van der Waals surface area contributed by atoms with E-state index >= 15 is 0 Å². The molecule has 0 fully saturated rings. The third-order valence-electron chi connectivity index (χ3n) is 2.28. The Kier molecular flexibility index (Phi) is 5.85. The van der Waals surface area contributed by atoms with Crippen molar-refractivity contribution in [3.8, 4) is 0 Å². The molecule has 0 aliphatic rings. The first kappa shape index (κ1) is 13.3. The molecular weight excluding hydrogens is 216 g/mol. The van der Waals surface area contributed by atoms with Crippen LogP contribution in [0.4, 0.5) is 11.4 Å². The van der Waals surface area contributed by atoms with Crippen LogP contribution in [0.5, 0.6) is 0 Å². The minimum atomic E-state index is 0.0331. The number of nitrogens with one attached hydrogen (secondary N) is 3. The Morgan fingerprint density at radius 2 is 1.88 bits per heavy atom. The van der Waals surface area contributed by atoms with E-state index in [1.807, 2.05) is 6.07 Å². The van der Waals surface area contributed by atoms with Gasteiger partial charge in [0.1, 0.15) is 0 Å². The normalized spacial score (nSPS) is 9.76. The monoisotopic (exact) mass is 236 g/mol. The third kappa shape index (κ3) is 5.19. The summed E-state index contributed by atoms with van der Waals surface area (Å²) in [6.07, 6.45) is 5.08. The maximum Gasteiger partial charge on any atom is 0.221 e. The van der Waals surface area contributed by atoms with Crippen LogP contribution in [0.3, 0.4) is 0 Å². The molecule has 5 heteroatoms. The van der Waals surface area contributed by atoms with Crippen molar-refractivity contribution >= 4 is 17.3 Å². The minimum Gasteiger partial charge on any atom is -0.384 e. The van der Waals surface area contributed by atoms with Crippen LogP contribution in [0.2, 0.25) is 0 Å². The molecule has 0 unspecified atom stereocenters. The van der Waals surface area contributed by atoms with Gasteiger partial charge in [0, 0.05) is 26.6 Å². The fourth-order valence-corrected chi connectivity index (χ4v) is 1.35. The number of hydrogen-bond acceptors (Lipinski definition) is 4. The number of nitrogens with zero attached hydrogens (tertiary/aromatic N) is 1. The van der Waals surface area contributed by atoms with Crippen molar-refractivity contribution in [1.82, 2.24) is 10.3 Å². The summed E-state index contributed by atoms with van der Waals surface area (Å²) < 4.78 is 0. The van der Waals surface area contributed by atoms with Crippen molar-refractivity contribution in [2.75, 3.05) is 30.8 Å². The second-order valence-electron chi connectivity index (χ2n) is 3.74. The summed E-state index contributed by atoms with van der Waals surface area (Å²) >= 11 is 0. The standard InChI is InChI=1S/C12H20N4O/c1-3-5-15-10-7-11(9-14-8-10)16-6-4-12(17)13-2/h7-9,15-16H,3-6H2,1-2H3,(H,13,17). The van der Waals surface area contributed by atoms with E-state index in [9.17, 15) is 4.79 Å². The summed E-state index contributed by atoms with van der Waals surface area (Å²) in [6, 6.07) is 1.99. The van der Waals surface area contributed by atoms with Crippen LogP contribution >= 0.6 is 0 Å². The topological polar surface area (TPSA) is 66.0 Å². The van der Waals surface area contributed by atoms with Crippen LogP contribution in [0.15, 0.2) is 18.5 Å². The van der Waals surface area contributed by atoms with E-state index in [1.165, 1.54) is 0 Å². The zero-order valence-corrected chi connectivity index (χ0v) is 10.4. The summed E-state index contributed by atoms with van der Waals surface area (Å²) in [7, 11) is 1.64. The Bertz CT molecular complexity index is 354. The van der Waals surface area contributed by atoms with E-state index in [-0.39, 0.29) is 5.91 Å². The Morgan fingerprint density at radius 3 is 2.47 bits per heavy atom. The third-order valence-corrected chi connectivity index (χ3v) is 2.28. The molecule has 0 saturated heterocycles. The lowest BCUT2D eigenvalue weighted by Gasteiger charge is -2.08. The minimum absolute atomic E-state index is 0.0331. The fourth-order valence-electron chi connectivity index (χ4n) is 1.35. The van der Waals surface area contributed by atoms with Crippen LogP contribution in [0.25, 0.3) is 0 Å². The van der Waals surface area contributed by atoms with Gasteiger partial charge < -0.3 is 16.0 Å². The first-order valence-corrected chi connectivity index (χ1v) is 5.89. The highest BCUT2D eigenvalue weighted by molar-refractivity contribution is 5.76. The number of aromatic nitrogens is 1. The zero-order valence-electron chi connectivity index (χ0n) is 10.4. The number of amides is 1. The zero-order chi connectivity index (χ0) is 12.5. The van der Waals surface area contributed by atoms with Gasteiger partial charge in [-0.15, -0.1) is 0 Å². The summed E-state index contributed by atoms with van der Waals surface area (Å²) in [5.74, 6) is 0.0331. The number of anilines is 2. The first-order valence-electron chi connectivity index (χ1n) is 5.89. The lowest BCUT2D eigenvalue weighted by atomic mass is 10.3. The molecule has 0 aromatic carbocycles. The first-order chi connectivity index (χ1) is 8.26. The molecule has 0 aliphatic heterocycles. The van der Waals surface area contributed by atoms with E-state index < -0.39 is 0 Å². The van der Waals surface area contributed by atoms with Crippen molar-refractivity contribution in [2.24, 2.45) is 0 Å². The quantitative estimate of drug-likeness (QED) is 0.670. The Hall–Kier alpha value is -1.78. The highest BCUT2D eigenvalue weighted by atomic mass is 16.1. The van der Waals surface area contributed by atoms with E-state index in [0.717, 1.165) is 24.3 Å². The van der Waals surface area contributed by atoms with E-state index in [0.29, 0.717) is 13.0 Å². The lowest BCUT2D eigenvalue weighted by molar-refractivity contribution is -0.120. The largest absolute Gasteiger partial charge is 0.384 e. The van der Waals surface area contributed by atoms with Crippen molar-refractivity contribution in [2.45, 2.75) is 19.8 Å². The molecule has 1 amide bonds. The molecule has 3 N–H and O–H groups in total. The van der Waals surface area contributed by atoms with Gasteiger partial charge in [0.25, 0.3) is 0 Å². The van der Waals surface area contributed by atoms with E-state index in [2.05, 4.69) is 27.9 Å². The molecule has 0 spiro atoms. The molecule has 0 atom stereocenters. The smallest absolute Gasteiger partial charge is 0.221 e. The summed E-state index contributed by atoms with van der Waals surface area (Å²) in [6.45, 7) is 3.66. The van der Waals surface area contributed by atoms with Gasteiger partial charge >= 0.3 is 0 Å². The SMILES string of the molecule is CCCNc1cncc(NCCC(=O)NC)c1. The van der Waals surface area contributed by atoms with Gasteiger partial charge in [-0.1, -0.05) is 6.92 Å². The van der Waals surface area contributed by atoms with Gasteiger partial charge in [0.2, 0.25) is 5.91 Å². The number of rotatable bonds is 7. The van der Waals surface area contributed by atoms with Gasteiger partial charge in [0.05, 0.1) is 23.8 Å². The molecule has 1 rings (SSSR count). The average Bonchev–Trinajstić information content (AvgIpc) is 2.36. The van der Waals surface area contributed by atoms with Crippen LogP contribution in [-0.4, -0.2) is 31.0 Å². The summed E-state index contributed by atoms with van der Waals surface area (Å²) in [5.41, 5.74) is 1.92. The molecule has 1 aromatic rings. The molecule has 94 valence electrons. The molecule has 0 aliphatic carbocycles. The van der Waals surface area contributed by atoms with E-state index in [4.69, 9.17) is 0 Å². The Morgan fingerprint density at radius 1 is 1.24 bits per heavy atom. The number of hydrogen-bond donors (Lipinski definition) is 3. The number of carbonyl (C=O) groups excluding carboxylic acids is 1. The maximum absolute atomic E-state index is 11.0. The van der Waals surface area contributed by atoms with Crippen molar-refractivity contribution in [3.05, 3.63) is 18.5 Å². The highest BCUT2D eigenvalue weighted by Gasteiger charge is 1.99.